The summed E-state index contributed by atoms with van der Waals surface area (Å²) in [6, 6.07) is 17.1. The Kier molecular flexibility index (Phi) is 3.25. The van der Waals surface area contributed by atoms with Gasteiger partial charge in [0.15, 0.2) is 0 Å². The molecule has 0 saturated carbocycles. The summed E-state index contributed by atoms with van der Waals surface area (Å²) in [5.74, 6) is -0.183. The third kappa shape index (κ3) is 2.08. The van der Waals surface area contributed by atoms with E-state index in [4.69, 9.17) is 5.73 Å². The molecule has 1 nitrogen and oxygen atoms in total. The van der Waals surface area contributed by atoms with Gasteiger partial charge < -0.3 is 5.73 Å². The van der Waals surface area contributed by atoms with E-state index < -0.39 is 0 Å². The third-order valence-electron chi connectivity index (χ3n) is 3.70. The highest BCUT2D eigenvalue weighted by atomic mass is 19.1. The van der Waals surface area contributed by atoms with Gasteiger partial charge in [-0.15, -0.1) is 0 Å². The molecular formula is C18H16FN. The molecule has 0 spiro atoms. The first kappa shape index (κ1) is 12.8. The van der Waals surface area contributed by atoms with Crippen molar-refractivity contribution in [3.05, 3.63) is 71.5 Å². The van der Waals surface area contributed by atoms with Crippen molar-refractivity contribution < 1.29 is 4.39 Å². The fraction of sp³-hybridized carbons (Fsp3) is 0.111. The molecule has 3 aromatic carbocycles. The van der Waals surface area contributed by atoms with Crippen LogP contribution < -0.4 is 5.73 Å². The lowest BCUT2D eigenvalue weighted by Gasteiger charge is -2.12. The Labute approximate surface area is 117 Å². The molecule has 0 saturated heterocycles. The zero-order valence-corrected chi connectivity index (χ0v) is 11.4. The first-order valence-electron chi connectivity index (χ1n) is 6.68. The van der Waals surface area contributed by atoms with Crippen LogP contribution in [0.3, 0.4) is 0 Å². The maximum atomic E-state index is 13.9. The molecule has 0 radical (unpaired) electrons. The quantitative estimate of drug-likeness (QED) is 0.729. The van der Waals surface area contributed by atoms with Crippen LogP contribution in [0.1, 0.15) is 11.1 Å². The lowest BCUT2D eigenvalue weighted by molar-refractivity contribution is 0.640. The lowest BCUT2D eigenvalue weighted by atomic mass is 9.93. The number of nitrogens with two attached hydrogens (primary N) is 1. The van der Waals surface area contributed by atoms with Gasteiger partial charge in [-0.1, -0.05) is 42.5 Å². The second-order valence-corrected chi connectivity index (χ2v) is 4.99. The van der Waals surface area contributed by atoms with Crippen molar-refractivity contribution in [1.29, 1.82) is 0 Å². The van der Waals surface area contributed by atoms with Crippen molar-refractivity contribution in [2.75, 3.05) is 0 Å². The van der Waals surface area contributed by atoms with Gasteiger partial charge in [0, 0.05) is 11.9 Å². The van der Waals surface area contributed by atoms with E-state index in [9.17, 15) is 4.39 Å². The van der Waals surface area contributed by atoms with Crippen LogP contribution in [0.15, 0.2) is 54.6 Å². The molecule has 2 N–H and O–H groups in total. The average Bonchev–Trinajstić information content (AvgIpc) is 2.49. The maximum Gasteiger partial charge on any atom is 0.131 e. The highest BCUT2D eigenvalue weighted by Crippen LogP contribution is 2.32. The Morgan fingerprint density at radius 3 is 2.40 bits per heavy atom. The smallest absolute Gasteiger partial charge is 0.131 e. The van der Waals surface area contributed by atoms with E-state index in [0.29, 0.717) is 11.9 Å². The number of hydrogen-bond acceptors (Lipinski definition) is 1. The van der Waals surface area contributed by atoms with Crippen LogP contribution in [-0.4, -0.2) is 0 Å². The van der Waals surface area contributed by atoms with Gasteiger partial charge >= 0.3 is 0 Å². The molecule has 3 rings (SSSR count). The van der Waals surface area contributed by atoms with E-state index in [-0.39, 0.29) is 5.82 Å². The van der Waals surface area contributed by atoms with Gasteiger partial charge in [-0.05, 0) is 46.7 Å². The van der Waals surface area contributed by atoms with Crippen LogP contribution in [0, 0.1) is 12.7 Å². The highest BCUT2D eigenvalue weighted by Gasteiger charge is 2.09. The van der Waals surface area contributed by atoms with Crippen LogP contribution in [0.25, 0.3) is 21.9 Å². The number of benzene rings is 3. The summed E-state index contributed by atoms with van der Waals surface area (Å²) >= 11 is 0. The Morgan fingerprint density at radius 1 is 0.900 bits per heavy atom. The van der Waals surface area contributed by atoms with E-state index in [2.05, 4.69) is 19.1 Å². The van der Waals surface area contributed by atoms with Crippen LogP contribution in [0.5, 0.6) is 0 Å². The van der Waals surface area contributed by atoms with E-state index in [1.807, 2.05) is 36.4 Å². The first-order chi connectivity index (χ1) is 9.70. The van der Waals surface area contributed by atoms with Crippen molar-refractivity contribution in [1.82, 2.24) is 0 Å². The molecular weight excluding hydrogens is 249 g/mol. The number of rotatable bonds is 2. The van der Waals surface area contributed by atoms with Gasteiger partial charge in [0.2, 0.25) is 0 Å². The van der Waals surface area contributed by atoms with Crippen molar-refractivity contribution in [3.63, 3.8) is 0 Å². The molecule has 0 aliphatic rings. The SMILES string of the molecule is Cc1ccc(CN)cc1-c1ccc(F)c2ccccc12. The Balaban J connectivity index is 2.33. The Morgan fingerprint density at radius 2 is 1.65 bits per heavy atom. The minimum Gasteiger partial charge on any atom is -0.326 e. The van der Waals surface area contributed by atoms with Gasteiger partial charge in [-0.2, -0.15) is 0 Å². The van der Waals surface area contributed by atoms with Gasteiger partial charge in [0.05, 0.1) is 0 Å². The minimum absolute atomic E-state index is 0.183. The summed E-state index contributed by atoms with van der Waals surface area (Å²) in [6.07, 6.45) is 0. The first-order valence-corrected chi connectivity index (χ1v) is 6.68. The molecule has 0 fully saturated rings. The second kappa shape index (κ2) is 5.06. The maximum absolute atomic E-state index is 13.9. The topological polar surface area (TPSA) is 26.0 Å². The normalized spacial score (nSPS) is 10.9. The summed E-state index contributed by atoms with van der Waals surface area (Å²) in [7, 11) is 0. The van der Waals surface area contributed by atoms with Crippen LogP contribution >= 0.6 is 0 Å². The Bertz CT molecular complexity index is 777. The fourth-order valence-electron chi connectivity index (χ4n) is 2.58. The molecule has 2 heteroatoms. The molecule has 0 atom stereocenters. The highest BCUT2D eigenvalue weighted by molar-refractivity contribution is 5.97. The molecule has 0 aromatic heterocycles. The molecule has 0 heterocycles. The standard InChI is InChI=1S/C18H16FN/c1-12-6-7-13(11-20)10-17(12)15-8-9-18(19)16-5-3-2-4-14(15)16/h2-10H,11,20H2,1H3. The molecule has 0 amide bonds. The number of halogens is 1. The summed E-state index contributed by atoms with van der Waals surface area (Å²) in [4.78, 5) is 0. The fourth-order valence-corrected chi connectivity index (χ4v) is 2.58. The monoisotopic (exact) mass is 265 g/mol. The molecule has 20 heavy (non-hydrogen) atoms. The summed E-state index contributed by atoms with van der Waals surface area (Å²) in [5, 5.41) is 1.59. The van der Waals surface area contributed by atoms with Crippen molar-refractivity contribution in [3.8, 4) is 11.1 Å². The average molecular weight is 265 g/mol. The van der Waals surface area contributed by atoms with Gasteiger partial charge in [0.25, 0.3) is 0 Å². The minimum atomic E-state index is -0.183. The second-order valence-electron chi connectivity index (χ2n) is 4.99. The van der Waals surface area contributed by atoms with E-state index in [1.165, 1.54) is 11.6 Å². The van der Waals surface area contributed by atoms with Crippen molar-refractivity contribution in [2.24, 2.45) is 5.73 Å². The van der Waals surface area contributed by atoms with Crippen LogP contribution in [-0.2, 0) is 6.54 Å². The molecule has 0 unspecified atom stereocenters. The van der Waals surface area contributed by atoms with Gasteiger partial charge in [0.1, 0.15) is 5.82 Å². The molecule has 100 valence electrons. The van der Waals surface area contributed by atoms with Crippen molar-refractivity contribution >= 4 is 10.8 Å². The number of fused-ring (bicyclic) bond motifs is 1. The summed E-state index contributed by atoms with van der Waals surface area (Å²) in [5.41, 5.74) is 10.1. The third-order valence-corrected chi connectivity index (χ3v) is 3.70. The Hall–Kier alpha value is -2.19. The molecule has 0 aliphatic heterocycles. The summed E-state index contributed by atoms with van der Waals surface area (Å²) < 4.78 is 13.9. The largest absolute Gasteiger partial charge is 0.326 e. The number of aryl methyl sites for hydroxylation is 1. The van der Waals surface area contributed by atoms with E-state index in [0.717, 1.165) is 22.1 Å². The number of hydrogen-bond donors (Lipinski definition) is 1. The van der Waals surface area contributed by atoms with Gasteiger partial charge in [-0.3, -0.25) is 0 Å². The van der Waals surface area contributed by atoms with Crippen LogP contribution in [0.4, 0.5) is 4.39 Å². The predicted molar refractivity (Wildman–Crippen MR) is 82.0 cm³/mol. The molecule has 3 aromatic rings. The summed E-state index contributed by atoms with van der Waals surface area (Å²) in [6.45, 7) is 2.57. The van der Waals surface area contributed by atoms with Crippen LogP contribution in [0.2, 0.25) is 0 Å². The zero-order valence-electron chi connectivity index (χ0n) is 11.4. The molecule has 0 bridgehead atoms. The van der Waals surface area contributed by atoms with Crippen molar-refractivity contribution in [2.45, 2.75) is 13.5 Å². The molecule has 0 aliphatic carbocycles. The van der Waals surface area contributed by atoms with E-state index >= 15 is 0 Å². The zero-order chi connectivity index (χ0) is 14.1. The predicted octanol–water partition coefficient (Wildman–Crippen LogP) is 4.41. The van der Waals surface area contributed by atoms with E-state index in [1.54, 1.807) is 0 Å². The lowest BCUT2D eigenvalue weighted by Crippen LogP contribution is -1.97. The van der Waals surface area contributed by atoms with Gasteiger partial charge in [-0.25, -0.2) is 4.39 Å².